The molecule has 1 aromatic rings. The largest absolute Gasteiger partial charge is 0.497 e. The van der Waals surface area contributed by atoms with E-state index in [1.807, 2.05) is 0 Å². The monoisotopic (exact) mass is 297 g/mol. The maximum Gasteiger partial charge on any atom is 0.243 e. The van der Waals surface area contributed by atoms with Gasteiger partial charge in [-0.3, -0.25) is 5.41 Å². The van der Waals surface area contributed by atoms with Gasteiger partial charge in [0.15, 0.2) is 0 Å². The highest BCUT2D eigenvalue weighted by atomic mass is 32.2. The first-order valence-corrected chi connectivity index (χ1v) is 7.87. The number of sulfonamides is 1. The van der Waals surface area contributed by atoms with Crippen molar-refractivity contribution < 1.29 is 13.2 Å². The van der Waals surface area contributed by atoms with Crippen LogP contribution in [0.4, 0.5) is 0 Å². The molecule has 1 aliphatic heterocycles. The minimum absolute atomic E-state index is 0.0552. The van der Waals surface area contributed by atoms with Gasteiger partial charge in [0.25, 0.3) is 0 Å². The third kappa shape index (κ3) is 2.94. The van der Waals surface area contributed by atoms with Crippen LogP contribution in [-0.4, -0.2) is 38.8 Å². The van der Waals surface area contributed by atoms with Gasteiger partial charge in [0.05, 0.1) is 17.8 Å². The van der Waals surface area contributed by atoms with Crippen molar-refractivity contribution in [1.29, 1.82) is 5.41 Å². The first kappa shape index (κ1) is 14.8. The number of amidine groups is 1. The van der Waals surface area contributed by atoms with E-state index in [-0.39, 0.29) is 23.2 Å². The van der Waals surface area contributed by atoms with Gasteiger partial charge in [0, 0.05) is 19.0 Å². The van der Waals surface area contributed by atoms with Crippen LogP contribution >= 0.6 is 0 Å². The van der Waals surface area contributed by atoms with Crippen LogP contribution in [0.2, 0.25) is 0 Å². The molecular formula is C13H19N3O3S. The molecule has 0 bridgehead atoms. The van der Waals surface area contributed by atoms with E-state index in [0.29, 0.717) is 12.3 Å². The van der Waals surface area contributed by atoms with Crippen molar-refractivity contribution in [3.8, 4) is 5.75 Å². The summed E-state index contributed by atoms with van der Waals surface area (Å²) in [5, 5.41) is 7.48. The number of hydrogen-bond acceptors (Lipinski definition) is 4. The lowest BCUT2D eigenvalue weighted by atomic mass is 9.99. The molecule has 0 amide bonds. The molecule has 7 heteroatoms. The van der Waals surface area contributed by atoms with Crippen LogP contribution in [-0.2, 0) is 10.0 Å². The number of piperidine rings is 1. The van der Waals surface area contributed by atoms with E-state index in [0.717, 1.165) is 12.8 Å². The number of ether oxygens (including phenoxy) is 1. The van der Waals surface area contributed by atoms with Gasteiger partial charge >= 0.3 is 0 Å². The fourth-order valence-corrected chi connectivity index (χ4v) is 3.84. The number of benzene rings is 1. The van der Waals surface area contributed by atoms with Crippen LogP contribution in [0.3, 0.4) is 0 Å². The number of hydrogen-bond donors (Lipinski definition) is 2. The van der Waals surface area contributed by atoms with Crippen LogP contribution in [0.15, 0.2) is 29.2 Å². The summed E-state index contributed by atoms with van der Waals surface area (Å²) in [7, 11) is -1.99. The van der Waals surface area contributed by atoms with Crippen LogP contribution in [0.1, 0.15) is 12.8 Å². The minimum atomic E-state index is -3.53. The molecule has 6 nitrogen and oxygen atoms in total. The van der Waals surface area contributed by atoms with Crippen molar-refractivity contribution in [2.75, 3.05) is 20.2 Å². The fourth-order valence-electron chi connectivity index (χ4n) is 2.31. The van der Waals surface area contributed by atoms with Gasteiger partial charge in [-0.25, -0.2) is 8.42 Å². The number of nitrogens with one attached hydrogen (secondary N) is 1. The Bertz CT molecular complexity index is 583. The Labute approximate surface area is 119 Å². The van der Waals surface area contributed by atoms with Gasteiger partial charge < -0.3 is 10.5 Å². The Kier molecular flexibility index (Phi) is 4.29. The van der Waals surface area contributed by atoms with Crippen LogP contribution in [0.5, 0.6) is 5.75 Å². The van der Waals surface area contributed by atoms with Crippen LogP contribution in [0, 0.1) is 11.3 Å². The van der Waals surface area contributed by atoms with Crippen molar-refractivity contribution in [3.05, 3.63) is 24.3 Å². The molecule has 3 N–H and O–H groups in total. The first-order valence-electron chi connectivity index (χ1n) is 6.43. The third-order valence-electron chi connectivity index (χ3n) is 3.52. The number of nitrogens with zero attached hydrogens (tertiary/aromatic N) is 1. The quantitative estimate of drug-likeness (QED) is 0.641. The zero-order valence-corrected chi connectivity index (χ0v) is 12.2. The molecule has 110 valence electrons. The summed E-state index contributed by atoms with van der Waals surface area (Å²) in [5.74, 6) is 0.487. The summed E-state index contributed by atoms with van der Waals surface area (Å²) >= 11 is 0. The standard InChI is InChI=1S/C13H19N3O3S/c1-19-11-4-6-12(7-5-11)20(17,18)16-8-2-3-10(9-16)13(14)15/h4-7,10H,2-3,8-9H2,1H3,(H3,14,15)/t10-/m1/s1. The minimum Gasteiger partial charge on any atom is -0.497 e. The molecule has 0 radical (unpaired) electrons. The average molecular weight is 297 g/mol. The van der Waals surface area contributed by atoms with Gasteiger partial charge in [0.1, 0.15) is 5.75 Å². The van der Waals surface area contributed by atoms with Crippen molar-refractivity contribution in [2.45, 2.75) is 17.7 Å². The molecular weight excluding hydrogens is 278 g/mol. The van der Waals surface area contributed by atoms with E-state index >= 15 is 0 Å². The van der Waals surface area contributed by atoms with Gasteiger partial charge in [-0.1, -0.05) is 0 Å². The van der Waals surface area contributed by atoms with Crippen LogP contribution in [0.25, 0.3) is 0 Å². The highest BCUT2D eigenvalue weighted by Crippen LogP contribution is 2.24. The Morgan fingerprint density at radius 1 is 1.40 bits per heavy atom. The lowest BCUT2D eigenvalue weighted by molar-refractivity contribution is 0.310. The zero-order valence-electron chi connectivity index (χ0n) is 11.4. The molecule has 0 aliphatic carbocycles. The Morgan fingerprint density at radius 3 is 2.60 bits per heavy atom. The second-order valence-corrected chi connectivity index (χ2v) is 6.77. The average Bonchev–Trinajstić information content (AvgIpc) is 2.47. The van der Waals surface area contributed by atoms with E-state index in [1.165, 1.54) is 23.5 Å². The van der Waals surface area contributed by atoms with Crippen LogP contribution < -0.4 is 10.5 Å². The SMILES string of the molecule is COc1ccc(S(=O)(=O)N2CCC[C@@H](C(=N)N)C2)cc1. The van der Waals surface area contributed by atoms with Gasteiger partial charge in [-0.05, 0) is 37.1 Å². The predicted octanol–water partition coefficient (Wildman–Crippen LogP) is 1.03. The van der Waals surface area contributed by atoms with E-state index in [4.69, 9.17) is 15.9 Å². The number of methoxy groups -OCH3 is 1. The van der Waals surface area contributed by atoms with Crippen molar-refractivity contribution in [1.82, 2.24) is 4.31 Å². The summed E-state index contributed by atoms with van der Waals surface area (Å²) < 4.78 is 31.5. The summed E-state index contributed by atoms with van der Waals surface area (Å²) in [5.41, 5.74) is 5.49. The summed E-state index contributed by atoms with van der Waals surface area (Å²) in [4.78, 5) is 0.238. The summed E-state index contributed by atoms with van der Waals surface area (Å²) in [6.45, 7) is 0.752. The maximum atomic E-state index is 12.5. The van der Waals surface area contributed by atoms with Gasteiger partial charge in [0.2, 0.25) is 10.0 Å². The molecule has 2 rings (SSSR count). The number of rotatable bonds is 4. The van der Waals surface area contributed by atoms with Gasteiger partial charge in [-0.15, -0.1) is 0 Å². The van der Waals surface area contributed by atoms with E-state index < -0.39 is 10.0 Å². The lowest BCUT2D eigenvalue weighted by Crippen LogP contribution is -2.43. The molecule has 0 unspecified atom stereocenters. The highest BCUT2D eigenvalue weighted by molar-refractivity contribution is 7.89. The van der Waals surface area contributed by atoms with Crippen molar-refractivity contribution >= 4 is 15.9 Å². The topological polar surface area (TPSA) is 96.5 Å². The van der Waals surface area contributed by atoms with E-state index in [2.05, 4.69) is 0 Å². The molecule has 1 fully saturated rings. The molecule has 1 atom stereocenters. The normalized spacial score (nSPS) is 20.6. The third-order valence-corrected chi connectivity index (χ3v) is 5.40. The predicted molar refractivity (Wildman–Crippen MR) is 76.4 cm³/mol. The Hall–Kier alpha value is -1.60. The molecule has 0 aromatic heterocycles. The summed E-state index contributed by atoms with van der Waals surface area (Å²) in [6.07, 6.45) is 1.49. The number of nitrogens with two attached hydrogens (primary N) is 1. The smallest absolute Gasteiger partial charge is 0.243 e. The molecule has 20 heavy (non-hydrogen) atoms. The van der Waals surface area contributed by atoms with Gasteiger partial charge in [-0.2, -0.15) is 4.31 Å². The van der Waals surface area contributed by atoms with Crippen molar-refractivity contribution in [2.24, 2.45) is 11.7 Å². The second-order valence-electron chi connectivity index (χ2n) is 4.83. The van der Waals surface area contributed by atoms with E-state index in [1.54, 1.807) is 12.1 Å². The van der Waals surface area contributed by atoms with E-state index in [9.17, 15) is 8.42 Å². The molecule has 1 saturated heterocycles. The molecule has 1 heterocycles. The summed E-state index contributed by atoms with van der Waals surface area (Å²) in [6, 6.07) is 6.32. The van der Waals surface area contributed by atoms with Crippen molar-refractivity contribution in [3.63, 3.8) is 0 Å². The molecule has 0 spiro atoms. The lowest BCUT2D eigenvalue weighted by Gasteiger charge is -2.31. The first-order chi connectivity index (χ1) is 9.45. The zero-order chi connectivity index (χ0) is 14.8. The highest BCUT2D eigenvalue weighted by Gasteiger charge is 2.31. The maximum absolute atomic E-state index is 12.5. The fraction of sp³-hybridized carbons (Fsp3) is 0.462. The molecule has 0 saturated carbocycles. The molecule has 1 aromatic carbocycles. The Morgan fingerprint density at radius 2 is 2.05 bits per heavy atom. The second kappa shape index (κ2) is 5.80. The Balaban J connectivity index is 2.22. The molecule has 1 aliphatic rings.